The molecular formula is C11H18N2O2. The Hall–Kier alpha value is -1.29. The quantitative estimate of drug-likeness (QED) is 0.742. The van der Waals surface area contributed by atoms with Crippen LogP contribution < -0.4 is 5.32 Å². The fourth-order valence-corrected chi connectivity index (χ4v) is 1.32. The number of hydrogen-bond donors (Lipinski definition) is 1. The maximum absolute atomic E-state index is 11.1. The second kappa shape index (κ2) is 5.56. The Morgan fingerprint density at radius 2 is 2.40 bits per heavy atom. The zero-order chi connectivity index (χ0) is 11.3. The number of ether oxygens (including phenoxy) is 1. The van der Waals surface area contributed by atoms with E-state index >= 15 is 0 Å². The molecule has 0 saturated carbocycles. The lowest BCUT2D eigenvalue weighted by Crippen LogP contribution is -2.34. The van der Waals surface area contributed by atoms with Crippen molar-refractivity contribution in [3.05, 3.63) is 24.0 Å². The van der Waals surface area contributed by atoms with Crippen LogP contribution in [0.15, 0.2) is 18.5 Å². The third kappa shape index (κ3) is 3.40. The SMILES string of the molecule is CCn1ccc(CNC(C)C(=O)OC)c1. The van der Waals surface area contributed by atoms with Gasteiger partial charge in [-0.15, -0.1) is 0 Å². The molecule has 1 rings (SSSR count). The minimum atomic E-state index is -0.264. The molecule has 84 valence electrons. The first-order valence-electron chi connectivity index (χ1n) is 5.13. The summed E-state index contributed by atoms with van der Waals surface area (Å²) in [5, 5.41) is 3.10. The maximum atomic E-state index is 11.1. The van der Waals surface area contributed by atoms with E-state index in [1.807, 2.05) is 12.3 Å². The van der Waals surface area contributed by atoms with E-state index in [-0.39, 0.29) is 12.0 Å². The van der Waals surface area contributed by atoms with Gasteiger partial charge in [0, 0.05) is 25.5 Å². The molecule has 1 atom stereocenters. The standard InChI is InChI=1S/C11H18N2O2/c1-4-13-6-5-10(8-13)7-12-9(2)11(14)15-3/h5-6,8-9,12H,4,7H2,1-3H3. The number of hydrogen-bond acceptors (Lipinski definition) is 3. The van der Waals surface area contributed by atoms with Crippen molar-refractivity contribution in [2.24, 2.45) is 0 Å². The summed E-state index contributed by atoms with van der Waals surface area (Å²) in [6.07, 6.45) is 4.09. The number of aromatic nitrogens is 1. The number of rotatable bonds is 5. The van der Waals surface area contributed by atoms with Crippen molar-refractivity contribution in [2.75, 3.05) is 7.11 Å². The van der Waals surface area contributed by atoms with Crippen LogP contribution in [0.3, 0.4) is 0 Å². The fraction of sp³-hybridized carbons (Fsp3) is 0.545. The zero-order valence-electron chi connectivity index (χ0n) is 9.49. The third-order valence-corrected chi connectivity index (χ3v) is 2.34. The predicted molar refractivity (Wildman–Crippen MR) is 58.4 cm³/mol. The van der Waals surface area contributed by atoms with Gasteiger partial charge in [0.1, 0.15) is 6.04 Å². The molecule has 0 radical (unpaired) electrons. The highest BCUT2D eigenvalue weighted by atomic mass is 16.5. The van der Waals surface area contributed by atoms with Gasteiger partial charge in [0.2, 0.25) is 0 Å². The minimum absolute atomic E-state index is 0.232. The van der Waals surface area contributed by atoms with Crippen molar-refractivity contribution >= 4 is 5.97 Å². The Labute approximate surface area is 90.2 Å². The van der Waals surface area contributed by atoms with Crippen LogP contribution in [0.5, 0.6) is 0 Å². The van der Waals surface area contributed by atoms with Crippen LogP contribution in [0, 0.1) is 0 Å². The van der Waals surface area contributed by atoms with Crippen LogP contribution in [0.25, 0.3) is 0 Å². The molecule has 0 aliphatic heterocycles. The van der Waals surface area contributed by atoms with E-state index in [2.05, 4.69) is 27.7 Å². The van der Waals surface area contributed by atoms with Gasteiger partial charge in [0.15, 0.2) is 0 Å². The second-order valence-corrected chi connectivity index (χ2v) is 3.48. The molecule has 4 heteroatoms. The summed E-state index contributed by atoms with van der Waals surface area (Å²) in [5.41, 5.74) is 1.17. The number of aryl methyl sites for hydroxylation is 1. The number of carbonyl (C=O) groups is 1. The molecule has 0 bridgehead atoms. The monoisotopic (exact) mass is 210 g/mol. The van der Waals surface area contributed by atoms with E-state index in [1.54, 1.807) is 6.92 Å². The molecule has 1 heterocycles. The van der Waals surface area contributed by atoms with E-state index in [9.17, 15) is 4.79 Å². The van der Waals surface area contributed by atoms with Crippen molar-refractivity contribution < 1.29 is 9.53 Å². The molecular weight excluding hydrogens is 192 g/mol. The Morgan fingerprint density at radius 3 is 2.93 bits per heavy atom. The topological polar surface area (TPSA) is 43.3 Å². The van der Waals surface area contributed by atoms with Crippen molar-refractivity contribution in [3.8, 4) is 0 Å². The van der Waals surface area contributed by atoms with Crippen LogP contribution in [-0.4, -0.2) is 23.7 Å². The second-order valence-electron chi connectivity index (χ2n) is 3.48. The van der Waals surface area contributed by atoms with Gasteiger partial charge in [-0.1, -0.05) is 0 Å². The van der Waals surface area contributed by atoms with Crippen LogP contribution in [-0.2, 0) is 22.6 Å². The van der Waals surface area contributed by atoms with E-state index in [0.717, 1.165) is 6.54 Å². The maximum Gasteiger partial charge on any atom is 0.322 e. The summed E-state index contributed by atoms with van der Waals surface area (Å²) in [6, 6.07) is 1.78. The summed E-state index contributed by atoms with van der Waals surface area (Å²) >= 11 is 0. The smallest absolute Gasteiger partial charge is 0.322 e. The highest BCUT2D eigenvalue weighted by molar-refractivity contribution is 5.75. The number of esters is 1. The fourth-order valence-electron chi connectivity index (χ4n) is 1.32. The molecule has 0 spiro atoms. The first-order chi connectivity index (χ1) is 7.17. The van der Waals surface area contributed by atoms with E-state index < -0.39 is 0 Å². The van der Waals surface area contributed by atoms with Crippen LogP contribution >= 0.6 is 0 Å². The van der Waals surface area contributed by atoms with Gasteiger partial charge in [-0.2, -0.15) is 0 Å². The molecule has 0 amide bonds. The van der Waals surface area contributed by atoms with Gasteiger partial charge in [0.05, 0.1) is 7.11 Å². The van der Waals surface area contributed by atoms with E-state index in [4.69, 9.17) is 0 Å². The summed E-state index contributed by atoms with van der Waals surface area (Å²) in [7, 11) is 1.40. The number of nitrogens with zero attached hydrogens (tertiary/aromatic N) is 1. The van der Waals surface area contributed by atoms with Gasteiger partial charge in [-0.25, -0.2) is 0 Å². The molecule has 0 saturated heterocycles. The summed E-state index contributed by atoms with van der Waals surface area (Å²) in [6.45, 7) is 5.53. The molecule has 1 N–H and O–H groups in total. The largest absolute Gasteiger partial charge is 0.468 e. The first kappa shape index (κ1) is 11.8. The van der Waals surface area contributed by atoms with Gasteiger partial charge in [-0.3, -0.25) is 4.79 Å². The molecule has 0 aliphatic carbocycles. The normalized spacial score (nSPS) is 12.5. The Bertz CT molecular complexity index is 320. The minimum Gasteiger partial charge on any atom is -0.468 e. The van der Waals surface area contributed by atoms with Gasteiger partial charge in [0.25, 0.3) is 0 Å². The Balaban J connectivity index is 2.39. The Kier molecular flexibility index (Phi) is 4.37. The predicted octanol–water partition coefficient (Wildman–Crippen LogP) is 1.16. The summed E-state index contributed by atoms with van der Waals surface area (Å²) < 4.78 is 6.72. The van der Waals surface area contributed by atoms with Crippen LogP contribution in [0.4, 0.5) is 0 Å². The number of carbonyl (C=O) groups excluding carboxylic acids is 1. The highest BCUT2D eigenvalue weighted by Crippen LogP contribution is 2.01. The summed E-state index contributed by atoms with van der Waals surface area (Å²) in [5.74, 6) is -0.232. The Morgan fingerprint density at radius 1 is 1.67 bits per heavy atom. The van der Waals surface area contributed by atoms with Crippen molar-refractivity contribution in [1.29, 1.82) is 0 Å². The van der Waals surface area contributed by atoms with E-state index in [0.29, 0.717) is 6.54 Å². The number of nitrogens with one attached hydrogen (secondary N) is 1. The molecule has 1 aromatic rings. The third-order valence-electron chi connectivity index (χ3n) is 2.34. The molecule has 1 aromatic heterocycles. The van der Waals surface area contributed by atoms with Crippen molar-refractivity contribution in [3.63, 3.8) is 0 Å². The average molecular weight is 210 g/mol. The van der Waals surface area contributed by atoms with E-state index in [1.165, 1.54) is 12.7 Å². The average Bonchev–Trinajstić information content (AvgIpc) is 2.72. The first-order valence-corrected chi connectivity index (χ1v) is 5.13. The molecule has 15 heavy (non-hydrogen) atoms. The zero-order valence-corrected chi connectivity index (χ0v) is 9.49. The highest BCUT2D eigenvalue weighted by Gasteiger charge is 2.11. The lowest BCUT2D eigenvalue weighted by molar-refractivity contribution is -0.142. The van der Waals surface area contributed by atoms with Crippen LogP contribution in [0.2, 0.25) is 0 Å². The van der Waals surface area contributed by atoms with Gasteiger partial charge < -0.3 is 14.6 Å². The lowest BCUT2D eigenvalue weighted by Gasteiger charge is -2.10. The molecule has 0 aliphatic rings. The number of methoxy groups -OCH3 is 1. The molecule has 0 fully saturated rings. The molecule has 4 nitrogen and oxygen atoms in total. The molecule has 1 unspecified atom stereocenters. The molecule has 0 aromatic carbocycles. The van der Waals surface area contributed by atoms with Gasteiger partial charge >= 0.3 is 5.97 Å². The van der Waals surface area contributed by atoms with Crippen molar-refractivity contribution in [1.82, 2.24) is 9.88 Å². The lowest BCUT2D eigenvalue weighted by atomic mass is 10.3. The van der Waals surface area contributed by atoms with Crippen molar-refractivity contribution in [2.45, 2.75) is 33.0 Å². The van der Waals surface area contributed by atoms with Gasteiger partial charge in [-0.05, 0) is 25.5 Å². The summed E-state index contributed by atoms with van der Waals surface area (Å²) in [4.78, 5) is 11.1. The van der Waals surface area contributed by atoms with Crippen LogP contribution in [0.1, 0.15) is 19.4 Å².